The van der Waals surface area contributed by atoms with E-state index in [2.05, 4.69) is 34.6 Å². The van der Waals surface area contributed by atoms with Crippen molar-refractivity contribution in [1.29, 1.82) is 0 Å². The van der Waals surface area contributed by atoms with E-state index in [9.17, 15) is 8.42 Å². The highest BCUT2D eigenvalue weighted by Crippen LogP contribution is 2.21. The lowest BCUT2D eigenvalue weighted by atomic mass is 9.80. The van der Waals surface area contributed by atoms with Gasteiger partial charge in [-0.05, 0) is 18.8 Å². The van der Waals surface area contributed by atoms with Crippen molar-refractivity contribution in [2.24, 2.45) is 17.6 Å². The molecule has 0 aromatic heterocycles. The second-order valence-corrected chi connectivity index (χ2v) is 6.26. The first kappa shape index (κ1) is 18.2. The van der Waals surface area contributed by atoms with E-state index in [-0.39, 0.29) is 5.54 Å². The number of rotatable bonds is 4. The van der Waals surface area contributed by atoms with Crippen molar-refractivity contribution in [3.8, 4) is 0 Å². The van der Waals surface area contributed by atoms with Crippen LogP contribution in [0.3, 0.4) is 0 Å². The molecule has 0 aromatic rings. The van der Waals surface area contributed by atoms with E-state index < -0.39 is 22.5 Å². The van der Waals surface area contributed by atoms with Gasteiger partial charge in [0.1, 0.15) is 0 Å². The van der Waals surface area contributed by atoms with Gasteiger partial charge in [-0.3, -0.25) is 4.55 Å². The van der Waals surface area contributed by atoms with E-state index >= 15 is 0 Å². The van der Waals surface area contributed by atoms with Gasteiger partial charge in [-0.2, -0.15) is 8.42 Å². The van der Waals surface area contributed by atoms with Crippen LogP contribution in [-0.2, 0) is 10.1 Å². The maximum atomic E-state index is 9.63. The third kappa shape index (κ3) is 9.08. The van der Waals surface area contributed by atoms with Gasteiger partial charge in [0.05, 0.1) is 12.4 Å². The average Bonchev–Trinajstić information content (AvgIpc) is 2.02. The zero-order valence-corrected chi connectivity index (χ0v) is 11.6. The van der Waals surface area contributed by atoms with Crippen molar-refractivity contribution in [2.75, 3.05) is 12.4 Å². The first-order valence-electron chi connectivity index (χ1n) is 5.30. The first-order valence-corrected chi connectivity index (χ1v) is 6.91. The van der Waals surface area contributed by atoms with Gasteiger partial charge in [0.25, 0.3) is 10.1 Å². The van der Waals surface area contributed by atoms with Crippen molar-refractivity contribution in [3.05, 3.63) is 0 Å². The van der Waals surface area contributed by atoms with Crippen LogP contribution in [0.25, 0.3) is 0 Å². The Morgan fingerprint density at radius 1 is 1.19 bits per heavy atom. The molecule has 0 aliphatic carbocycles. The summed E-state index contributed by atoms with van der Waals surface area (Å²) >= 11 is 0. The average molecular weight is 255 g/mol. The van der Waals surface area contributed by atoms with Gasteiger partial charge < -0.3 is 10.8 Å². The number of hydrogen-bond acceptors (Lipinski definition) is 4. The summed E-state index contributed by atoms with van der Waals surface area (Å²) in [4.78, 5) is 0. The molecule has 6 heteroatoms. The Morgan fingerprint density at radius 3 is 1.50 bits per heavy atom. The van der Waals surface area contributed by atoms with E-state index in [1.165, 1.54) is 0 Å². The van der Waals surface area contributed by atoms with Gasteiger partial charge in [0.15, 0.2) is 0 Å². The second kappa shape index (κ2) is 7.21. The van der Waals surface area contributed by atoms with E-state index in [0.29, 0.717) is 11.8 Å². The zero-order valence-electron chi connectivity index (χ0n) is 10.8. The summed E-state index contributed by atoms with van der Waals surface area (Å²) in [6.45, 7) is 10.3. The number of hydrogen-bond donors (Lipinski definition) is 3. The van der Waals surface area contributed by atoms with Gasteiger partial charge in [-0.15, -0.1) is 0 Å². The molecule has 0 bridgehead atoms. The van der Waals surface area contributed by atoms with Gasteiger partial charge in [-0.1, -0.05) is 27.7 Å². The molecule has 0 heterocycles. The molecule has 0 radical (unpaired) electrons. The number of aliphatic hydroxyl groups excluding tert-OH is 1. The largest absolute Gasteiger partial charge is 0.395 e. The van der Waals surface area contributed by atoms with Crippen LogP contribution in [-0.4, -0.2) is 36.0 Å². The van der Waals surface area contributed by atoms with Crippen molar-refractivity contribution in [3.63, 3.8) is 0 Å². The Bertz CT molecular complexity index is 261. The van der Waals surface area contributed by atoms with Gasteiger partial charge in [-0.25, -0.2) is 0 Å². The van der Waals surface area contributed by atoms with Crippen molar-refractivity contribution in [2.45, 2.75) is 40.2 Å². The Balaban J connectivity index is 0. The molecule has 0 saturated carbocycles. The second-order valence-electron chi connectivity index (χ2n) is 4.69. The minimum absolute atomic E-state index is 0.000000000000000222. The van der Waals surface area contributed by atoms with E-state index in [1.807, 2.05) is 0 Å². The smallest absolute Gasteiger partial charge is 0.267 e. The van der Waals surface area contributed by atoms with Crippen molar-refractivity contribution >= 4 is 10.1 Å². The van der Waals surface area contributed by atoms with Crippen LogP contribution in [0.2, 0.25) is 0 Å². The predicted molar refractivity (Wildman–Crippen MR) is 65.8 cm³/mol. The summed E-state index contributed by atoms with van der Waals surface area (Å²) in [5, 5.41) is 7.86. The highest BCUT2D eigenvalue weighted by atomic mass is 32.2. The molecule has 0 unspecified atom stereocenters. The van der Waals surface area contributed by atoms with Crippen LogP contribution in [0.4, 0.5) is 0 Å². The van der Waals surface area contributed by atoms with Crippen LogP contribution in [0, 0.1) is 11.8 Å². The third-order valence-electron chi connectivity index (χ3n) is 2.84. The zero-order chi connectivity index (χ0) is 13.6. The molecule has 0 rings (SSSR count). The number of nitrogens with two attached hydrogens (primary N) is 1. The lowest BCUT2D eigenvalue weighted by Crippen LogP contribution is -2.46. The van der Waals surface area contributed by atoms with Crippen LogP contribution < -0.4 is 5.73 Å². The maximum Gasteiger partial charge on any atom is 0.267 e. The van der Waals surface area contributed by atoms with Crippen LogP contribution in [0.5, 0.6) is 0 Å². The minimum Gasteiger partial charge on any atom is -0.395 e. The predicted octanol–water partition coefficient (Wildman–Crippen LogP) is 0.882. The summed E-state index contributed by atoms with van der Waals surface area (Å²) in [5.41, 5.74) is 6.00. The van der Waals surface area contributed by atoms with Crippen LogP contribution in [0.15, 0.2) is 0 Å². The highest BCUT2D eigenvalue weighted by Gasteiger charge is 2.26. The summed E-state index contributed by atoms with van der Waals surface area (Å²) in [6.07, 6.45) is 0. The monoisotopic (exact) mass is 255 g/mol. The highest BCUT2D eigenvalue weighted by molar-refractivity contribution is 7.85. The molecule has 0 spiro atoms. The van der Waals surface area contributed by atoms with Crippen LogP contribution >= 0.6 is 0 Å². The summed E-state index contributed by atoms with van der Waals surface area (Å²) in [5.74, 6) is 0.558. The molecule has 0 aliphatic heterocycles. The fraction of sp³-hybridized carbons (Fsp3) is 1.00. The van der Waals surface area contributed by atoms with E-state index in [0.717, 1.165) is 0 Å². The topological polar surface area (TPSA) is 101 Å². The maximum absolute atomic E-state index is 9.63. The number of aliphatic hydroxyl groups is 1. The van der Waals surface area contributed by atoms with Gasteiger partial charge in [0, 0.05) is 5.54 Å². The van der Waals surface area contributed by atoms with Gasteiger partial charge >= 0.3 is 0 Å². The molecule has 0 aliphatic rings. The molecule has 0 atom stereocenters. The van der Waals surface area contributed by atoms with Crippen molar-refractivity contribution in [1.82, 2.24) is 0 Å². The lowest BCUT2D eigenvalue weighted by Gasteiger charge is -2.33. The quantitative estimate of drug-likeness (QED) is 0.647. The van der Waals surface area contributed by atoms with Gasteiger partial charge in [0.2, 0.25) is 0 Å². The third-order valence-corrected chi connectivity index (χ3v) is 3.54. The molecule has 16 heavy (non-hydrogen) atoms. The summed E-state index contributed by atoms with van der Waals surface area (Å²) in [7, 11) is -3.92. The Morgan fingerprint density at radius 2 is 1.50 bits per heavy atom. The molecular formula is C10H25NO4S. The van der Waals surface area contributed by atoms with Crippen molar-refractivity contribution < 1.29 is 18.1 Å². The molecule has 4 N–H and O–H groups in total. The molecule has 100 valence electrons. The molecule has 0 fully saturated rings. The Labute approximate surface area is 98.8 Å². The fourth-order valence-electron chi connectivity index (χ4n) is 0.782. The molecule has 0 aromatic carbocycles. The minimum atomic E-state index is -3.92. The standard InChI is InChI=1S/C8H19N.C2H6O4S/c1-6(2)8(5,9)7(3)4;3-1-2-7(4,5)6/h6-7H,9H2,1-5H3;3H,1-2H2,(H,4,5,6). The first-order chi connectivity index (χ1) is 6.95. The summed E-state index contributed by atoms with van der Waals surface area (Å²) < 4.78 is 27.1. The molecule has 5 nitrogen and oxygen atoms in total. The SMILES string of the molecule is CC(C)C(C)(N)C(C)C.O=S(=O)(O)CCO. The Hall–Kier alpha value is -0.170. The molecule has 0 amide bonds. The van der Waals surface area contributed by atoms with E-state index in [4.69, 9.17) is 15.4 Å². The Kier molecular flexibility index (Phi) is 8.21. The molecule has 0 saturated heterocycles. The van der Waals surface area contributed by atoms with Crippen LogP contribution in [0.1, 0.15) is 34.6 Å². The lowest BCUT2D eigenvalue weighted by molar-refractivity contribution is 0.250. The summed E-state index contributed by atoms with van der Waals surface area (Å²) in [6, 6.07) is 0. The van der Waals surface area contributed by atoms with E-state index in [1.54, 1.807) is 0 Å². The molecular weight excluding hydrogens is 230 g/mol. The fourth-order valence-corrected chi connectivity index (χ4v) is 1.01. The normalized spacial score (nSPS) is 12.6.